The summed E-state index contributed by atoms with van der Waals surface area (Å²) in [6, 6.07) is 0. The molecular weight excluding hydrogens is 184 g/mol. The summed E-state index contributed by atoms with van der Waals surface area (Å²) in [4.78, 5) is 24.7. The molecule has 0 saturated carbocycles. The summed E-state index contributed by atoms with van der Waals surface area (Å²) < 4.78 is 0. The van der Waals surface area contributed by atoms with Gasteiger partial charge in [-0.15, -0.1) is 0 Å². The molecule has 1 radical (unpaired) electrons. The molecular formula is C3H3CrO6. The first kappa shape index (κ1) is 23.1. The van der Waals surface area contributed by atoms with Gasteiger partial charge in [0.25, 0.3) is 0 Å². The minimum Gasteiger partial charge on any atom is -0.665 e. The minimum absolute atomic E-state index is 0. The fourth-order valence-corrected chi connectivity index (χ4v) is 0. The van der Waals surface area contributed by atoms with Gasteiger partial charge in [0.1, 0.15) is 0 Å². The predicted molar refractivity (Wildman–Crippen MR) is 25.0 cm³/mol. The van der Waals surface area contributed by atoms with Gasteiger partial charge in [0.2, 0.25) is 0 Å². The van der Waals surface area contributed by atoms with E-state index in [-0.39, 0.29) is 17.4 Å². The van der Waals surface area contributed by atoms with E-state index in [1.165, 1.54) is 0 Å². The van der Waals surface area contributed by atoms with Gasteiger partial charge < -0.3 is 29.7 Å². The first-order valence-corrected chi connectivity index (χ1v) is 1.28. The molecule has 0 unspecified atom stereocenters. The maximum Gasteiger partial charge on any atom is 3.00 e. The molecule has 0 fully saturated rings. The topological polar surface area (TPSA) is 112 Å². The van der Waals surface area contributed by atoms with Crippen molar-refractivity contribution in [2.45, 2.75) is 0 Å². The summed E-state index contributed by atoms with van der Waals surface area (Å²) in [6.07, 6.45) is 0. The standard InChI is InChI=1S/3CHO2.Cr/c3*2-1-3;/h3*(H,2,3);/q3*-1;+3. The van der Waals surface area contributed by atoms with Crippen LogP contribution in [0.3, 0.4) is 0 Å². The zero-order chi connectivity index (χ0) is 8.12. The van der Waals surface area contributed by atoms with Crippen LogP contribution >= 0.6 is 0 Å². The van der Waals surface area contributed by atoms with Gasteiger partial charge in [-0.05, 0) is 0 Å². The van der Waals surface area contributed by atoms with Crippen molar-refractivity contribution in [3.05, 3.63) is 0 Å². The van der Waals surface area contributed by atoms with Crippen LogP contribution in [0, 0.1) is 0 Å². The van der Waals surface area contributed by atoms with Crippen molar-refractivity contribution < 1.29 is 47.1 Å². The van der Waals surface area contributed by atoms with E-state index in [0.29, 0.717) is 19.4 Å². The summed E-state index contributed by atoms with van der Waals surface area (Å²) in [5.74, 6) is 0. The Balaban J connectivity index is -0.0000000257. The fourth-order valence-electron chi connectivity index (χ4n) is 0. The second-order valence-electron chi connectivity index (χ2n) is 0.274. The van der Waals surface area contributed by atoms with Crippen LogP contribution in [0.25, 0.3) is 0 Å². The van der Waals surface area contributed by atoms with Crippen molar-refractivity contribution in [1.29, 1.82) is 0 Å². The van der Waals surface area contributed by atoms with Crippen LogP contribution in [0.5, 0.6) is 0 Å². The van der Waals surface area contributed by atoms with Crippen LogP contribution in [0.2, 0.25) is 0 Å². The smallest absolute Gasteiger partial charge is 0.665 e. The van der Waals surface area contributed by atoms with Crippen LogP contribution in [0.1, 0.15) is 0 Å². The average Bonchev–Trinajstić information content (AvgIpc) is 1.70. The molecule has 0 aromatic heterocycles. The molecule has 0 heterocycles. The summed E-state index contributed by atoms with van der Waals surface area (Å²) >= 11 is 0. The maximum absolute atomic E-state index is 8.24. The summed E-state index contributed by atoms with van der Waals surface area (Å²) in [5.41, 5.74) is 0. The quantitative estimate of drug-likeness (QED) is 0.412. The monoisotopic (exact) mass is 187 g/mol. The molecule has 0 aliphatic carbocycles. The van der Waals surface area contributed by atoms with E-state index in [1.54, 1.807) is 0 Å². The maximum atomic E-state index is 8.24. The van der Waals surface area contributed by atoms with Crippen LogP contribution < -0.4 is 0 Å². The van der Waals surface area contributed by atoms with Crippen molar-refractivity contribution >= 4 is 19.4 Å². The van der Waals surface area contributed by atoms with Crippen molar-refractivity contribution in [3.63, 3.8) is 0 Å². The van der Waals surface area contributed by atoms with Crippen LogP contribution in [0.4, 0.5) is 0 Å². The van der Waals surface area contributed by atoms with Gasteiger partial charge in [-0.2, -0.15) is 0 Å². The van der Waals surface area contributed by atoms with Gasteiger partial charge in [-0.1, -0.05) is 19.4 Å². The molecule has 0 bridgehead atoms. The van der Waals surface area contributed by atoms with E-state index < -0.39 is 0 Å². The molecule has 0 saturated heterocycles. The third kappa shape index (κ3) is 219. The largest absolute Gasteiger partial charge is 3.00 e. The van der Waals surface area contributed by atoms with Gasteiger partial charge in [0.15, 0.2) is 0 Å². The molecule has 0 amide bonds. The Hall–Kier alpha value is -1.06. The number of aliphatic hydroxyl groups excluding tert-OH is 3. The second kappa shape index (κ2) is 101. The van der Waals surface area contributed by atoms with Crippen LogP contribution in [-0.4, -0.2) is 34.7 Å². The number of hydrogen-bond acceptors (Lipinski definition) is 3. The van der Waals surface area contributed by atoms with Crippen molar-refractivity contribution in [2.75, 3.05) is 0 Å². The van der Waals surface area contributed by atoms with E-state index in [9.17, 15) is 0 Å². The van der Waals surface area contributed by atoms with Gasteiger partial charge in [0.05, 0.1) is 0 Å². The first-order valence-electron chi connectivity index (χ1n) is 1.28. The Morgan fingerprint density at radius 3 is 0.700 bits per heavy atom. The number of rotatable bonds is 0. The Labute approximate surface area is 67.2 Å². The van der Waals surface area contributed by atoms with Crippen molar-refractivity contribution in [1.82, 2.24) is 0 Å². The average molecular weight is 187 g/mol. The molecule has 0 rings (SSSR count). The summed E-state index contributed by atoms with van der Waals surface area (Å²) in [5, 5.41) is 20.3. The molecule has 10 heavy (non-hydrogen) atoms. The van der Waals surface area contributed by atoms with E-state index in [1.807, 2.05) is 0 Å². The van der Waals surface area contributed by atoms with E-state index >= 15 is 0 Å². The first-order chi connectivity index (χ1) is 4.24. The van der Waals surface area contributed by atoms with Gasteiger partial charge in [0, 0.05) is 0 Å². The molecule has 6 nitrogen and oxygen atoms in total. The van der Waals surface area contributed by atoms with Crippen molar-refractivity contribution in [2.24, 2.45) is 0 Å². The van der Waals surface area contributed by atoms with Gasteiger partial charge in [-0.3, -0.25) is 0 Å². The minimum atomic E-state index is 0. The molecule has 57 valence electrons. The summed E-state index contributed by atoms with van der Waals surface area (Å²) in [6.45, 7) is 1.50. The molecule has 0 aromatic rings. The summed E-state index contributed by atoms with van der Waals surface area (Å²) in [7, 11) is 0. The Kier molecular flexibility index (Phi) is 234. The third-order valence-corrected chi connectivity index (χ3v) is 0. The van der Waals surface area contributed by atoms with E-state index in [2.05, 4.69) is 0 Å². The molecule has 7 heteroatoms. The molecule has 0 aromatic carbocycles. The number of hydrogen-bond donors (Lipinski definition) is 3. The molecule has 0 spiro atoms. The molecule has 0 aliphatic rings. The van der Waals surface area contributed by atoms with Gasteiger partial charge in [-0.25, -0.2) is 0 Å². The molecule has 0 aliphatic heterocycles. The Morgan fingerprint density at radius 1 is 0.700 bits per heavy atom. The van der Waals surface area contributed by atoms with Crippen LogP contribution in [-0.2, 0) is 31.7 Å². The second-order valence-corrected chi connectivity index (χ2v) is 0.274. The molecule has 0 atom stereocenters. The molecule has 3 N–H and O–H groups in total. The zero-order valence-electron chi connectivity index (χ0n) is 4.47. The van der Waals surface area contributed by atoms with E-state index in [0.717, 1.165) is 0 Å². The fraction of sp³-hybridized carbons (Fsp3) is 0. The zero-order valence-corrected chi connectivity index (χ0v) is 5.75. The third-order valence-electron chi connectivity index (χ3n) is 0. The predicted octanol–water partition coefficient (Wildman–Crippen LogP) is -1.17. The Bertz CT molecular complexity index is 49.7. The SMILES string of the molecule is O=[C-]O.O=[C-]O.O=[C-]O.[Cr+3]. The van der Waals surface area contributed by atoms with Gasteiger partial charge >= 0.3 is 17.4 Å². The van der Waals surface area contributed by atoms with Crippen molar-refractivity contribution in [3.8, 4) is 0 Å². The van der Waals surface area contributed by atoms with Crippen LogP contribution in [0.15, 0.2) is 0 Å². The normalized spacial score (nSPS) is 3.60. The van der Waals surface area contributed by atoms with E-state index in [4.69, 9.17) is 29.7 Å². The Morgan fingerprint density at radius 2 is 0.700 bits per heavy atom.